The summed E-state index contributed by atoms with van der Waals surface area (Å²) in [7, 11) is 1.31. The summed E-state index contributed by atoms with van der Waals surface area (Å²) in [6, 6.07) is 2.83. The van der Waals surface area contributed by atoms with Crippen molar-refractivity contribution in [1.29, 1.82) is 0 Å². The first-order valence-corrected chi connectivity index (χ1v) is 4.07. The number of methoxy groups -OCH3 is 1. The van der Waals surface area contributed by atoms with Crippen LogP contribution in [-0.4, -0.2) is 42.6 Å². The molecule has 0 aliphatic rings. The van der Waals surface area contributed by atoms with Gasteiger partial charge in [0.2, 0.25) is 0 Å². The van der Waals surface area contributed by atoms with E-state index >= 15 is 0 Å². The maximum absolute atomic E-state index is 10.6. The Hall–Kier alpha value is 1.07. The molecular weight excluding hydrogens is 261 g/mol. The molecule has 0 spiro atoms. The summed E-state index contributed by atoms with van der Waals surface area (Å²) in [6.07, 6.45) is 0. The number of carbonyl (C=O) groups excluding carboxylic acids is 1. The molecule has 1 aromatic carbocycles. The van der Waals surface area contributed by atoms with Crippen LogP contribution in [0, 0.1) is 0 Å². The van der Waals surface area contributed by atoms with Crippen LogP contribution < -0.4 is 39.4 Å². The minimum atomic E-state index is -1.41. The average Bonchev–Trinajstić information content (AvgIpc) is 2.07. The SMILES string of the molecule is COc1c(Cl)ccc(Cl)c1C(=O)[O-].[Na+].[NaH]. The fraction of sp³-hybridized carbons (Fsp3) is 0.125. The molecule has 15 heavy (non-hydrogen) atoms. The van der Waals surface area contributed by atoms with Gasteiger partial charge in [0.15, 0.2) is 0 Å². The van der Waals surface area contributed by atoms with Crippen LogP contribution in [0.2, 0.25) is 10.0 Å². The van der Waals surface area contributed by atoms with E-state index in [0.717, 1.165) is 0 Å². The number of carboxylic acids is 1. The molecular formula is C8H6Cl2Na2O3. The maximum atomic E-state index is 10.6. The van der Waals surface area contributed by atoms with Crippen molar-refractivity contribution >= 4 is 58.7 Å². The zero-order valence-electron chi connectivity index (χ0n) is 7.64. The Labute approximate surface area is 142 Å². The van der Waals surface area contributed by atoms with Gasteiger partial charge in [-0.05, 0) is 12.1 Å². The van der Waals surface area contributed by atoms with E-state index in [0.29, 0.717) is 0 Å². The van der Waals surface area contributed by atoms with Gasteiger partial charge >= 0.3 is 59.1 Å². The summed E-state index contributed by atoms with van der Waals surface area (Å²) < 4.78 is 4.78. The van der Waals surface area contributed by atoms with Crippen molar-refractivity contribution in [2.24, 2.45) is 0 Å². The molecule has 0 bridgehead atoms. The Morgan fingerprint density at radius 3 is 2.13 bits per heavy atom. The first kappa shape index (κ1) is 18.4. The summed E-state index contributed by atoms with van der Waals surface area (Å²) in [6.45, 7) is 0. The number of hydrogen-bond donors (Lipinski definition) is 0. The Bertz CT molecular complexity index is 358. The van der Waals surface area contributed by atoms with Gasteiger partial charge in [-0.15, -0.1) is 0 Å². The molecule has 72 valence electrons. The number of halogens is 2. The third-order valence-corrected chi connectivity index (χ3v) is 2.08. The van der Waals surface area contributed by atoms with Crippen molar-refractivity contribution in [3.63, 3.8) is 0 Å². The molecule has 0 saturated heterocycles. The first-order chi connectivity index (χ1) is 6.07. The van der Waals surface area contributed by atoms with Gasteiger partial charge < -0.3 is 14.6 Å². The molecule has 0 N–H and O–H groups in total. The van der Waals surface area contributed by atoms with E-state index in [4.69, 9.17) is 27.9 Å². The third kappa shape index (κ3) is 4.44. The molecule has 0 aromatic heterocycles. The first-order valence-electron chi connectivity index (χ1n) is 3.31. The summed E-state index contributed by atoms with van der Waals surface area (Å²) >= 11 is 11.3. The van der Waals surface area contributed by atoms with Crippen LogP contribution in [0.3, 0.4) is 0 Å². The monoisotopic (exact) mass is 266 g/mol. The number of rotatable bonds is 2. The van der Waals surface area contributed by atoms with E-state index < -0.39 is 5.97 Å². The molecule has 0 radical (unpaired) electrons. The summed E-state index contributed by atoms with van der Waals surface area (Å²) in [5.41, 5.74) is -0.225. The second-order valence-electron chi connectivity index (χ2n) is 2.22. The predicted octanol–water partition coefficient (Wildman–Crippen LogP) is -2.28. The molecule has 0 aliphatic carbocycles. The van der Waals surface area contributed by atoms with Gasteiger partial charge in [0.05, 0.1) is 28.7 Å². The Morgan fingerprint density at radius 1 is 1.33 bits per heavy atom. The van der Waals surface area contributed by atoms with Crippen LogP contribution in [0.25, 0.3) is 0 Å². The molecule has 3 nitrogen and oxygen atoms in total. The number of carbonyl (C=O) groups is 1. The molecule has 0 saturated carbocycles. The standard InChI is InChI=1S/C8H6Cl2O3.2Na.H/c1-13-7-5(10)3-2-4(9)6(7)8(11)12;;;/h2-3H,1H3,(H,11,12);;;/q;;+1;/p-1. The van der Waals surface area contributed by atoms with Crippen molar-refractivity contribution in [3.8, 4) is 5.75 Å². The number of hydrogen-bond acceptors (Lipinski definition) is 3. The van der Waals surface area contributed by atoms with Gasteiger partial charge in [0.1, 0.15) is 5.75 Å². The Morgan fingerprint density at radius 2 is 1.80 bits per heavy atom. The van der Waals surface area contributed by atoms with Crippen LogP contribution in [0.15, 0.2) is 12.1 Å². The van der Waals surface area contributed by atoms with Crippen LogP contribution in [-0.2, 0) is 0 Å². The molecule has 1 rings (SSSR count). The summed E-state index contributed by atoms with van der Waals surface area (Å²) in [5, 5.41) is 10.8. The average molecular weight is 267 g/mol. The fourth-order valence-corrected chi connectivity index (χ4v) is 1.38. The normalized spacial score (nSPS) is 8.47. The van der Waals surface area contributed by atoms with E-state index in [1.165, 1.54) is 19.2 Å². The van der Waals surface area contributed by atoms with Crippen molar-refractivity contribution in [1.82, 2.24) is 0 Å². The minimum absolute atomic E-state index is 0. The molecule has 0 fully saturated rings. The number of aromatic carboxylic acids is 1. The molecule has 1 aromatic rings. The number of carboxylic acid groups (broad SMARTS) is 1. The molecule has 0 amide bonds. The van der Waals surface area contributed by atoms with E-state index in [-0.39, 0.29) is 80.5 Å². The number of ether oxygens (including phenoxy) is 1. The van der Waals surface area contributed by atoms with Gasteiger partial charge in [0.25, 0.3) is 0 Å². The molecule has 0 atom stereocenters. The van der Waals surface area contributed by atoms with Crippen LogP contribution in [0.5, 0.6) is 5.75 Å². The topological polar surface area (TPSA) is 49.4 Å². The quantitative estimate of drug-likeness (QED) is 0.567. The molecule has 0 unspecified atom stereocenters. The summed E-state index contributed by atoms with van der Waals surface area (Å²) in [5.74, 6) is -1.39. The fourth-order valence-electron chi connectivity index (χ4n) is 0.923. The number of benzene rings is 1. The van der Waals surface area contributed by atoms with Gasteiger partial charge in [-0.3, -0.25) is 0 Å². The van der Waals surface area contributed by atoms with E-state index in [1.54, 1.807) is 0 Å². The van der Waals surface area contributed by atoms with Crippen molar-refractivity contribution in [2.45, 2.75) is 0 Å². The molecule has 7 heteroatoms. The predicted molar refractivity (Wildman–Crippen MR) is 54.5 cm³/mol. The van der Waals surface area contributed by atoms with Crippen LogP contribution in [0.4, 0.5) is 0 Å². The zero-order chi connectivity index (χ0) is 10.0. The Balaban J connectivity index is 0. The van der Waals surface area contributed by atoms with E-state index in [9.17, 15) is 9.90 Å². The zero-order valence-corrected chi connectivity index (χ0v) is 11.1. The van der Waals surface area contributed by atoms with Crippen molar-refractivity contribution in [2.75, 3.05) is 7.11 Å². The summed E-state index contributed by atoms with van der Waals surface area (Å²) in [4.78, 5) is 10.6. The molecule has 0 heterocycles. The van der Waals surface area contributed by atoms with Crippen LogP contribution in [0.1, 0.15) is 10.4 Å². The van der Waals surface area contributed by atoms with E-state index in [1.807, 2.05) is 0 Å². The Kier molecular flexibility index (Phi) is 10.1. The van der Waals surface area contributed by atoms with Gasteiger partial charge in [0, 0.05) is 0 Å². The van der Waals surface area contributed by atoms with Crippen LogP contribution >= 0.6 is 23.2 Å². The van der Waals surface area contributed by atoms with Gasteiger partial charge in [-0.25, -0.2) is 0 Å². The third-order valence-electron chi connectivity index (χ3n) is 1.47. The molecule has 0 aliphatic heterocycles. The van der Waals surface area contributed by atoms with E-state index in [2.05, 4.69) is 0 Å². The van der Waals surface area contributed by atoms with Gasteiger partial charge in [-0.2, -0.15) is 0 Å². The van der Waals surface area contributed by atoms with Crippen molar-refractivity contribution in [3.05, 3.63) is 27.7 Å². The van der Waals surface area contributed by atoms with Crippen molar-refractivity contribution < 1.29 is 44.2 Å². The second kappa shape index (κ2) is 8.20. The second-order valence-corrected chi connectivity index (χ2v) is 3.04. The van der Waals surface area contributed by atoms with Gasteiger partial charge in [-0.1, -0.05) is 23.2 Å².